The summed E-state index contributed by atoms with van der Waals surface area (Å²) in [5, 5.41) is 24.1. The van der Waals surface area contributed by atoms with Gasteiger partial charge in [-0.05, 0) is 42.5 Å². The molecule has 1 aromatic carbocycles. The molecule has 4 aromatic heterocycles. The lowest BCUT2D eigenvalue weighted by Gasteiger charge is -2.28. The molecule has 0 spiro atoms. The fraction of sp³-hybridized carbons (Fsp3) is 0.346. The lowest BCUT2D eigenvalue weighted by Crippen LogP contribution is -2.41. The Labute approximate surface area is 219 Å². The molecule has 1 aliphatic rings. The number of halogens is 3. The maximum absolute atomic E-state index is 13.8. The smallest absolute Gasteiger partial charge is 0.359 e. The third-order valence-electron chi connectivity index (χ3n) is 6.97. The minimum absolute atomic E-state index is 0.129. The number of hydrogen-bond acceptors (Lipinski definition) is 6. The van der Waals surface area contributed by atoms with Crippen LogP contribution in [0.2, 0.25) is 0 Å². The topological polar surface area (TPSA) is 137 Å². The van der Waals surface area contributed by atoms with E-state index in [1.165, 1.54) is 6.20 Å². The van der Waals surface area contributed by atoms with Crippen molar-refractivity contribution in [2.75, 3.05) is 5.32 Å². The zero-order valence-electron chi connectivity index (χ0n) is 21.3. The number of pyridine rings is 1. The second kappa shape index (κ2) is 8.82. The summed E-state index contributed by atoms with van der Waals surface area (Å²) in [6, 6.07) is 4.41. The molecule has 4 N–H and O–H groups in total. The maximum atomic E-state index is 13.8. The molecule has 5 aromatic rings. The first-order chi connectivity index (χ1) is 18.5. The first-order valence-corrected chi connectivity index (χ1v) is 12.4. The van der Waals surface area contributed by atoms with Gasteiger partial charge in [-0.3, -0.25) is 15.5 Å². The van der Waals surface area contributed by atoms with E-state index >= 15 is 0 Å². The maximum Gasteiger partial charge on any atom is 0.435 e. The third-order valence-corrected chi connectivity index (χ3v) is 6.97. The predicted octanol–water partition coefficient (Wildman–Crippen LogP) is 5.48. The molecule has 0 aliphatic heterocycles. The zero-order chi connectivity index (χ0) is 27.5. The highest BCUT2D eigenvalue weighted by molar-refractivity contribution is 6.07. The lowest BCUT2D eigenvalue weighted by molar-refractivity contribution is -0.140. The van der Waals surface area contributed by atoms with Gasteiger partial charge in [-0.25, -0.2) is 9.78 Å². The van der Waals surface area contributed by atoms with Crippen molar-refractivity contribution in [2.24, 2.45) is 0 Å². The molecule has 10 nitrogen and oxygen atoms in total. The fourth-order valence-corrected chi connectivity index (χ4v) is 5.12. The van der Waals surface area contributed by atoms with Crippen molar-refractivity contribution in [2.45, 2.75) is 57.7 Å². The van der Waals surface area contributed by atoms with Gasteiger partial charge in [0.1, 0.15) is 5.76 Å². The monoisotopic (exact) mass is 538 g/mol. The molecule has 0 bridgehead atoms. The number of fused-ring (bicyclic) bond motifs is 5. The molecule has 0 saturated carbocycles. The molecule has 1 atom stereocenters. The summed E-state index contributed by atoms with van der Waals surface area (Å²) in [6.45, 7) is 5.90. The van der Waals surface area contributed by atoms with E-state index in [9.17, 15) is 18.0 Å². The number of hydrogen-bond donors (Lipinski definition) is 4. The third kappa shape index (κ3) is 4.47. The Hall–Kier alpha value is -4.42. The summed E-state index contributed by atoms with van der Waals surface area (Å²) in [7, 11) is 0. The van der Waals surface area contributed by atoms with E-state index in [0.29, 0.717) is 29.7 Å². The Kier molecular flexibility index (Phi) is 5.63. The number of benzene rings is 1. The molecule has 202 valence electrons. The quantitative estimate of drug-likeness (QED) is 0.240. The Bertz CT molecular complexity index is 1710. The number of aromatic nitrogens is 6. The van der Waals surface area contributed by atoms with Gasteiger partial charge in [0.2, 0.25) is 0 Å². The average molecular weight is 539 g/mol. The number of alkyl halides is 3. The van der Waals surface area contributed by atoms with Crippen LogP contribution < -0.4 is 10.6 Å². The molecular formula is C26H25F3N8O2. The van der Waals surface area contributed by atoms with Gasteiger partial charge in [-0.2, -0.15) is 23.4 Å². The number of aromatic amines is 2. The number of amides is 2. The highest BCUT2D eigenvalue weighted by Gasteiger charge is 2.38. The van der Waals surface area contributed by atoms with E-state index in [0.717, 1.165) is 21.9 Å². The standard InChI is InChI=1S/C26H25F3N8O2/c1-25(2,3)19-9-20(37-39-19)34-24(38)32-12-4-5-13-14(8-12)22(16-11-31-36-23(16)26(27,28)29)33-18-7-6-17-15(21(13)18)10-30-35-17/h6-7,9-12H,4-5,8H2,1-3H3,(H,30,35)(H,31,36)(H2,32,34,37,38). The number of nitrogens with zero attached hydrogens (tertiary/aromatic N) is 4. The van der Waals surface area contributed by atoms with Gasteiger partial charge in [-0.1, -0.05) is 25.9 Å². The Balaban J connectivity index is 1.37. The predicted molar refractivity (Wildman–Crippen MR) is 137 cm³/mol. The molecule has 13 heteroatoms. The van der Waals surface area contributed by atoms with Crippen molar-refractivity contribution in [3.8, 4) is 11.3 Å². The van der Waals surface area contributed by atoms with Crippen LogP contribution in [0.5, 0.6) is 0 Å². The van der Waals surface area contributed by atoms with Crippen molar-refractivity contribution in [1.82, 2.24) is 35.9 Å². The van der Waals surface area contributed by atoms with Crippen molar-refractivity contribution in [1.29, 1.82) is 0 Å². The molecule has 39 heavy (non-hydrogen) atoms. The lowest BCUT2D eigenvalue weighted by atomic mass is 9.83. The number of urea groups is 1. The summed E-state index contributed by atoms with van der Waals surface area (Å²) in [4.78, 5) is 17.5. The number of carbonyl (C=O) groups is 1. The van der Waals surface area contributed by atoms with Crippen LogP contribution in [-0.4, -0.2) is 42.6 Å². The molecule has 0 saturated heterocycles. The highest BCUT2D eigenvalue weighted by atomic mass is 19.4. The summed E-state index contributed by atoms with van der Waals surface area (Å²) < 4.78 is 46.8. The minimum atomic E-state index is -4.66. The van der Waals surface area contributed by atoms with Crippen LogP contribution in [0.4, 0.5) is 23.8 Å². The Morgan fingerprint density at radius 2 is 2.00 bits per heavy atom. The minimum Gasteiger partial charge on any atom is -0.359 e. The number of rotatable bonds is 3. The van der Waals surface area contributed by atoms with Crippen LogP contribution in [0.15, 0.2) is 35.1 Å². The van der Waals surface area contributed by atoms with Crippen molar-refractivity contribution in [3.05, 3.63) is 53.2 Å². The molecule has 2 amide bonds. The van der Waals surface area contributed by atoms with Crippen LogP contribution in [0.3, 0.4) is 0 Å². The summed E-state index contributed by atoms with van der Waals surface area (Å²) in [5.74, 6) is 0.899. The van der Waals surface area contributed by atoms with Crippen molar-refractivity contribution >= 4 is 33.7 Å². The van der Waals surface area contributed by atoms with E-state index in [-0.39, 0.29) is 35.0 Å². The molecular weight excluding hydrogens is 513 g/mol. The average Bonchev–Trinajstić information content (AvgIpc) is 3.62. The van der Waals surface area contributed by atoms with E-state index in [1.807, 2.05) is 20.8 Å². The molecule has 1 aliphatic carbocycles. The summed E-state index contributed by atoms with van der Waals surface area (Å²) in [5.41, 5.74) is 1.66. The van der Waals surface area contributed by atoms with Crippen LogP contribution in [0.25, 0.3) is 33.1 Å². The SMILES string of the molecule is CC(C)(C)c1cc(NC(=O)NC2CCc3c(c(-c4c[nH]nc4C(F)(F)F)nc4ccc5[nH]ncc5c34)C2)no1. The van der Waals surface area contributed by atoms with E-state index in [1.54, 1.807) is 24.4 Å². The van der Waals surface area contributed by atoms with Gasteiger partial charge in [0.25, 0.3) is 0 Å². The highest BCUT2D eigenvalue weighted by Crippen LogP contribution is 2.41. The molecule has 6 rings (SSSR count). The van der Waals surface area contributed by atoms with E-state index < -0.39 is 17.9 Å². The second-order valence-corrected chi connectivity index (χ2v) is 10.7. The number of aryl methyl sites for hydroxylation is 1. The van der Waals surface area contributed by atoms with Gasteiger partial charge in [-0.15, -0.1) is 0 Å². The van der Waals surface area contributed by atoms with Crippen LogP contribution in [0, 0.1) is 0 Å². The van der Waals surface area contributed by atoms with Crippen LogP contribution >= 0.6 is 0 Å². The first-order valence-electron chi connectivity index (χ1n) is 12.4. The number of anilines is 1. The summed E-state index contributed by atoms with van der Waals surface area (Å²) >= 11 is 0. The van der Waals surface area contributed by atoms with Gasteiger partial charge in [0.05, 0.1) is 28.5 Å². The van der Waals surface area contributed by atoms with Gasteiger partial charge >= 0.3 is 12.2 Å². The first kappa shape index (κ1) is 24.9. The Morgan fingerprint density at radius 1 is 1.18 bits per heavy atom. The zero-order valence-corrected chi connectivity index (χ0v) is 21.3. The Morgan fingerprint density at radius 3 is 2.74 bits per heavy atom. The van der Waals surface area contributed by atoms with Crippen molar-refractivity contribution < 1.29 is 22.5 Å². The van der Waals surface area contributed by atoms with Gasteiger partial charge < -0.3 is 9.84 Å². The molecule has 1 unspecified atom stereocenters. The van der Waals surface area contributed by atoms with Crippen molar-refractivity contribution in [3.63, 3.8) is 0 Å². The van der Waals surface area contributed by atoms with E-state index in [2.05, 4.69) is 41.2 Å². The largest absolute Gasteiger partial charge is 0.435 e. The van der Waals surface area contributed by atoms with Gasteiger partial charge in [0, 0.05) is 34.5 Å². The normalized spacial score (nSPS) is 16.0. The van der Waals surface area contributed by atoms with E-state index in [4.69, 9.17) is 4.52 Å². The fourth-order valence-electron chi connectivity index (χ4n) is 5.12. The van der Waals surface area contributed by atoms with Crippen LogP contribution in [-0.2, 0) is 24.4 Å². The second-order valence-electron chi connectivity index (χ2n) is 10.7. The van der Waals surface area contributed by atoms with Crippen LogP contribution in [0.1, 0.15) is 49.8 Å². The molecule has 4 heterocycles. The number of H-pyrrole nitrogens is 2. The molecule has 0 fully saturated rings. The summed E-state index contributed by atoms with van der Waals surface area (Å²) in [6.07, 6.45) is -0.369. The van der Waals surface area contributed by atoms with Gasteiger partial charge in [0.15, 0.2) is 11.5 Å². The number of nitrogens with one attached hydrogen (secondary N) is 4. The number of carbonyl (C=O) groups excluding carboxylic acids is 1. The molecule has 0 radical (unpaired) electrons.